The van der Waals surface area contributed by atoms with Crippen LogP contribution in [0, 0.1) is 0 Å². The quantitative estimate of drug-likeness (QED) is 0.894. The molecule has 0 aliphatic carbocycles. The lowest BCUT2D eigenvalue weighted by molar-refractivity contribution is -0.133. The SMILES string of the molecule is CC[C@H](N)C(=O)N(C)C(C)c1ccncc1.Cl. The Morgan fingerprint density at radius 2 is 2.00 bits per heavy atom. The molecule has 0 aliphatic heterocycles. The molecule has 1 rings (SSSR count). The Balaban J connectivity index is 0.00000256. The van der Waals surface area contributed by atoms with Crippen LogP contribution in [0.3, 0.4) is 0 Å². The standard InChI is InChI=1S/C12H19N3O.ClH/c1-4-11(13)12(16)15(3)9(2)10-5-7-14-8-6-10;/h5-9,11H,4,13H2,1-3H3;1H/t9?,11-;/m0./s1. The van der Waals surface area contributed by atoms with Gasteiger partial charge in [0.1, 0.15) is 0 Å². The third kappa shape index (κ3) is 3.98. The van der Waals surface area contributed by atoms with E-state index in [0.29, 0.717) is 6.42 Å². The van der Waals surface area contributed by atoms with Crippen LogP contribution in [0.15, 0.2) is 24.5 Å². The summed E-state index contributed by atoms with van der Waals surface area (Å²) in [4.78, 5) is 17.5. The van der Waals surface area contributed by atoms with Crippen LogP contribution in [0.25, 0.3) is 0 Å². The van der Waals surface area contributed by atoms with Crippen LogP contribution < -0.4 is 5.73 Å². The molecule has 0 radical (unpaired) electrons. The number of carbonyl (C=O) groups is 1. The third-order valence-electron chi connectivity index (χ3n) is 2.87. The van der Waals surface area contributed by atoms with Gasteiger partial charge in [-0.05, 0) is 31.0 Å². The van der Waals surface area contributed by atoms with E-state index in [9.17, 15) is 4.79 Å². The van der Waals surface area contributed by atoms with Crippen molar-refractivity contribution in [1.82, 2.24) is 9.88 Å². The van der Waals surface area contributed by atoms with Crippen molar-refractivity contribution in [3.05, 3.63) is 30.1 Å². The van der Waals surface area contributed by atoms with Gasteiger partial charge in [0.05, 0.1) is 12.1 Å². The monoisotopic (exact) mass is 257 g/mol. The second-order valence-corrected chi connectivity index (χ2v) is 3.92. The number of halogens is 1. The molecule has 0 aliphatic rings. The maximum atomic E-state index is 11.9. The van der Waals surface area contributed by atoms with E-state index in [1.165, 1.54) is 0 Å². The Hall–Kier alpha value is -1.13. The van der Waals surface area contributed by atoms with Crippen LogP contribution in [-0.4, -0.2) is 28.9 Å². The van der Waals surface area contributed by atoms with E-state index in [-0.39, 0.29) is 24.4 Å². The molecule has 17 heavy (non-hydrogen) atoms. The van der Waals surface area contributed by atoms with E-state index < -0.39 is 6.04 Å². The molecule has 0 saturated heterocycles. The zero-order valence-corrected chi connectivity index (χ0v) is 11.3. The molecule has 1 heterocycles. The van der Waals surface area contributed by atoms with E-state index in [1.54, 1.807) is 24.3 Å². The zero-order valence-electron chi connectivity index (χ0n) is 10.5. The summed E-state index contributed by atoms with van der Waals surface area (Å²) in [6, 6.07) is 3.43. The first kappa shape index (κ1) is 15.9. The summed E-state index contributed by atoms with van der Waals surface area (Å²) < 4.78 is 0. The van der Waals surface area contributed by atoms with Crippen molar-refractivity contribution < 1.29 is 4.79 Å². The van der Waals surface area contributed by atoms with E-state index >= 15 is 0 Å². The number of amides is 1. The van der Waals surface area contributed by atoms with Crippen molar-refractivity contribution in [3.63, 3.8) is 0 Å². The highest BCUT2D eigenvalue weighted by Crippen LogP contribution is 2.18. The minimum Gasteiger partial charge on any atom is -0.338 e. The third-order valence-corrected chi connectivity index (χ3v) is 2.87. The van der Waals surface area contributed by atoms with E-state index in [1.807, 2.05) is 26.0 Å². The molecular formula is C12H20ClN3O. The molecule has 0 spiro atoms. The summed E-state index contributed by atoms with van der Waals surface area (Å²) in [5.74, 6) is -0.0215. The van der Waals surface area contributed by atoms with Gasteiger partial charge in [0.2, 0.25) is 5.91 Å². The second kappa shape index (κ2) is 7.25. The van der Waals surface area contributed by atoms with Crippen LogP contribution in [0.5, 0.6) is 0 Å². The number of hydrogen-bond donors (Lipinski definition) is 1. The number of aromatic nitrogens is 1. The molecule has 0 bridgehead atoms. The first-order chi connectivity index (χ1) is 7.57. The van der Waals surface area contributed by atoms with Gasteiger partial charge < -0.3 is 10.6 Å². The van der Waals surface area contributed by atoms with Gasteiger partial charge in [-0.1, -0.05) is 6.92 Å². The summed E-state index contributed by atoms with van der Waals surface area (Å²) in [7, 11) is 1.78. The highest BCUT2D eigenvalue weighted by Gasteiger charge is 2.21. The normalized spacial score (nSPS) is 13.4. The molecule has 96 valence electrons. The molecule has 1 aromatic heterocycles. The molecule has 1 aromatic rings. The lowest BCUT2D eigenvalue weighted by Crippen LogP contribution is -2.42. The number of nitrogens with two attached hydrogens (primary N) is 1. The number of likely N-dealkylation sites (N-methyl/N-ethyl adjacent to an activating group) is 1. The number of nitrogens with zero attached hydrogens (tertiary/aromatic N) is 2. The first-order valence-electron chi connectivity index (χ1n) is 5.50. The average molecular weight is 258 g/mol. The highest BCUT2D eigenvalue weighted by atomic mass is 35.5. The minimum atomic E-state index is -0.408. The molecular weight excluding hydrogens is 238 g/mol. The summed E-state index contributed by atoms with van der Waals surface area (Å²) in [5, 5.41) is 0. The molecule has 0 fully saturated rings. The largest absolute Gasteiger partial charge is 0.338 e. The topological polar surface area (TPSA) is 59.2 Å². The molecule has 5 heteroatoms. The molecule has 1 unspecified atom stereocenters. The van der Waals surface area contributed by atoms with Crippen molar-refractivity contribution in [2.45, 2.75) is 32.4 Å². The predicted octanol–water partition coefficient (Wildman–Crippen LogP) is 1.76. The predicted molar refractivity (Wildman–Crippen MR) is 70.9 cm³/mol. The van der Waals surface area contributed by atoms with Crippen molar-refractivity contribution >= 4 is 18.3 Å². The van der Waals surface area contributed by atoms with Crippen molar-refractivity contribution in [3.8, 4) is 0 Å². The fraction of sp³-hybridized carbons (Fsp3) is 0.500. The van der Waals surface area contributed by atoms with Crippen LogP contribution in [0.2, 0.25) is 0 Å². The van der Waals surface area contributed by atoms with Crippen LogP contribution >= 0.6 is 12.4 Å². The highest BCUT2D eigenvalue weighted by molar-refractivity contribution is 5.85. The molecule has 2 atom stereocenters. The molecule has 0 aromatic carbocycles. The molecule has 1 amide bonds. The van der Waals surface area contributed by atoms with Crippen molar-refractivity contribution in [2.75, 3.05) is 7.05 Å². The van der Waals surface area contributed by atoms with Gasteiger partial charge in [-0.15, -0.1) is 12.4 Å². The van der Waals surface area contributed by atoms with E-state index in [2.05, 4.69) is 4.98 Å². The van der Waals surface area contributed by atoms with Gasteiger partial charge >= 0.3 is 0 Å². The Labute approximate surface area is 109 Å². The molecule has 0 saturated carbocycles. The number of hydrogen-bond acceptors (Lipinski definition) is 3. The molecule has 2 N–H and O–H groups in total. The zero-order chi connectivity index (χ0) is 12.1. The first-order valence-corrected chi connectivity index (χ1v) is 5.50. The Kier molecular flexibility index (Phi) is 6.76. The van der Waals surface area contributed by atoms with Gasteiger partial charge in [-0.3, -0.25) is 9.78 Å². The van der Waals surface area contributed by atoms with Gasteiger partial charge in [-0.25, -0.2) is 0 Å². The second-order valence-electron chi connectivity index (χ2n) is 3.92. The van der Waals surface area contributed by atoms with Crippen LogP contribution in [-0.2, 0) is 4.79 Å². The summed E-state index contributed by atoms with van der Waals surface area (Å²) in [6.45, 7) is 3.89. The summed E-state index contributed by atoms with van der Waals surface area (Å²) in [6.07, 6.45) is 4.11. The van der Waals surface area contributed by atoms with Gasteiger partial charge in [0.15, 0.2) is 0 Å². The fourth-order valence-corrected chi connectivity index (χ4v) is 1.49. The van der Waals surface area contributed by atoms with Crippen molar-refractivity contribution in [1.29, 1.82) is 0 Å². The van der Waals surface area contributed by atoms with Crippen molar-refractivity contribution in [2.24, 2.45) is 5.73 Å². The maximum Gasteiger partial charge on any atom is 0.239 e. The minimum absolute atomic E-state index is 0. The lowest BCUT2D eigenvalue weighted by atomic mass is 10.1. The van der Waals surface area contributed by atoms with Gasteiger partial charge in [-0.2, -0.15) is 0 Å². The smallest absolute Gasteiger partial charge is 0.239 e. The Bertz CT molecular complexity index is 345. The Morgan fingerprint density at radius 1 is 1.47 bits per heavy atom. The number of carbonyl (C=O) groups excluding carboxylic acids is 1. The lowest BCUT2D eigenvalue weighted by Gasteiger charge is -2.27. The Morgan fingerprint density at radius 3 is 2.47 bits per heavy atom. The van der Waals surface area contributed by atoms with Gasteiger partial charge in [0.25, 0.3) is 0 Å². The molecule has 4 nitrogen and oxygen atoms in total. The average Bonchev–Trinajstić information content (AvgIpc) is 2.36. The van der Waals surface area contributed by atoms with Gasteiger partial charge in [0, 0.05) is 19.4 Å². The van der Waals surface area contributed by atoms with E-state index in [4.69, 9.17) is 5.73 Å². The summed E-state index contributed by atoms with van der Waals surface area (Å²) in [5.41, 5.74) is 6.79. The number of rotatable bonds is 4. The maximum absolute atomic E-state index is 11.9. The van der Waals surface area contributed by atoms with E-state index in [0.717, 1.165) is 5.56 Å². The summed E-state index contributed by atoms with van der Waals surface area (Å²) >= 11 is 0. The number of pyridine rings is 1. The van der Waals surface area contributed by atoms with Crippen LogP contribution in [0.4, 0.5) is 0 Å². The fourth-order valence-electron chi connectivity index (χ4n) is 1.49. The van der Waals surface area contributed by atoms with Crippen LogP contribution in [0.1, 0.15) is 31.9 Å².